The van der Waals surface area contributed by atoms with Gasteiger partial charge < -0.3 is 10.3 Å². The van der Waals surface area contributed by atoms with Gasteiger partial charge in [-0.25, -0.2) is 9.78 Å². The van der Waals surface area contributed by atoms with E-state index < -0.39 is 0 Å². The Morgan fingerprint density at radius 1 is 1.19 bits per heavy atom. The minimum Gasteiger partial charge on any atom is -0.330 e. The van der Waals surface area contributed by atoms with Crippen LogP contribution < -0.4 is 17.0 Å². The van der Waals surface area contributed by atoms with E-state index >= 15 is 0 Å². The van der Waals surface area contributed by atoms with Crippen LogP contribution in [0.1, 0.15) is 32.5 Å². The fourth-order valence-corrected chi connectivity index (χ4v) is 2.56. The van der Waals surface area contributed by atoms with Gasteiger partial charge >= 0.3 is 5.69 Å². The molecule has 0 fully saturated rings. The number of aromatic nitrogens is 4. The Morgan fingerprint density at radius 3 is 2.48 bits per heavy atom. The summed E-state index contributed by atoms with van der Waals surface area (Å²) in [6.45, 7) is 5.26. The minimum atomic E-state index is -0.277. The van der Waals surface area contributed by atoms with E-state index in [1.165, 1.54) is 4.57 Å². The third kappa shape index (κ3) is 2.53. The number of nitrogens with zero attached hydrogens (tertiary/aromatic N) is 4. The number of nitrogens with two attached hydrogens (primary N) is 1. The molecule has 0 spiro atoms. The highest BCUT2D eigenvalue weighted by atomic mass is 16.2. The van der Waals surface area contributed by atoms with Crippen LogP contribution in [0, 0.1) is 0 Å². The monoisotopic (exact) mass is 293 g/mol. The van der Waals surface area contributed by atoms with Crippen molar-refractivity contribution in [1.82, 2.24) is 18.7 Å². The molecule has 7 nitrogen and oxygen atoms in total. The van der Waals surface area contributed by atoms with Crippen LogP contribution in [0.3, 0.4) is 0 Å². The molecule has 0 saturated heterocycles. The standard InChI is InChI=1S/C14H23N5O2/c1-4-6-9-19-12-11(13(20)18(5-2)14(19)21)17(3)10(16-12)7-8-15/h4-9,15H2,1-3H3. The molecule has 0 saturated carbocycles. The molecule has 0 bridgehead atoms. The van der Waals surface area contributed by atoms with Crippen molar-refractivity contribution in [2.75, 3.05) is 6.54 Å². The van der Waals surface area contributed by atoms with Crippen molar-refractivity contribution < 1.29 is 0 Å². The summed E-state index contributed by atoms with van der Waals surface area (Å²) in [5.74, 6) is 0.739. The summed E-state index contributed by atoms with van der Waals surface area (Å²) in [5.41, 5.74) is 6.00. The van der Waals surface area contributed by atoms with Crippen LogP contribution in [0.15, 0.2) is 9.59 Å². The van der Waals surface area contributed by atoms with E-state index in [0.717, 1.165) is 18.7 Å². The summed E-state index contributed by atoms with van der Waals surface area (Å²) < 4.78 is 4.65. The van der Waals surface area contributed by atoms with E-state index in [4.69, 9.17) is 5.73 Å². The van der Waals surface area contributed by atoms with Crippen LogP contribution in [0.4, 0.5) is 0 Å². The van der Waals surface area contributed by atoms with Crippen molar-refractivity contribution >= 4 is 11.2 Å². The van der Waals surface area contributed by atoms with E-state index in [0.29, 0.717) is 37.2 Å². The van der Waals surface area contributed by atoms with E-state index in [-0.39, 0.29) is 11.2 Å². The molecule has 0 aliphatic heterocycles. The Balaban J connectivity index is 2.83. The van der Waals surface area contributed by atoms with Crippen molar-refractivity contribution in [3.8, 4) is 0 Å². The molecule has 0 radical (unpaired) electrons. The lowest BCUT2D eigenvalue weighted by Gasteiger charge is -2.09. The molecule has 0 aromatic carbocycles. The van der Waals surface area contributed by atoms with E-state index in [1.54, 1.807) is 23.1 Å². The second kappa shape index (κ2) is 6.26. The molecule has 2 heterocycles. The van der Waals surface area contributed by atoms with Gasteiger partial charge in [0.25, 0.3) is 5.56 Å². The molecule has 116 valence electrons. The van der Waals surface area contributed by atoms with Crippen molar-refractivity contribution in [1.29, 1.82) is 0 Å². The largest absolute Gasteiger partial charge is 0.332 e. The summed E-state index contributed by atoms with van der Waals surface area (Å²) >= 11 is 0. The van der Waals surface area contributed by atoms with Crippen LogP contribution in [-0.4, -0.2) is 25.2 Å². The summed E-state index contributed by atoms with van der Waals surface area (Å²) in [6.07, 6.45) is 2.43. The zero-order valence-electron chi connectivity index (χ0n) is 12.9. The first-order chi connectivity index (χ1) is 10.1. The number of hydrogen-bond acceptors (Lipinski definition) is 4. The number of imidazole rings is 1. The Bertz CT molecular complexity index is 753. The van der Waals surface area contributed by atoms with Crippen LogP contribution in [0.5, 0.6) is 0 Å². The van der Waals surface area contributed by atoms with Gasteiger partial charge in [-0.05, 0) is 19.9 Å². The van der Waals surface area contributed by atoms with Crippen LogP contribution in [-0.2, 0) is 26.6 Å². The average molecular weight is 293 g/mol. The summed E-state index contributed by atoms with van der Waals surface area (Å²) in [5, 5.41) is 0. The lowest BCUT2D eigenvalue weighted by molar-refractivity contribution is 0.561. The predicted octanol–water partition coefficient (Wildman–Crippen LogP) is 0.218. The van der Waals surface area contributed by atoms with Gasteiger partial charge in [-0.1, -0.05) is 13.3 Å². The summed E-state index contributed by atoms with van der Waals surface area (Å²) in [7, 11) is 1.80. The SMILES string of the molecule is CCCCn1c(=O)n(CC)c(=O)c2c1nc(CCN)n2C. The first-order valence-corrected chi connectivity index (χ1v) is 7.45. The highest BCUT2D eigenvalue weighted by Crippen LogP contribution is 2.11. The number of unbranched alkanes of at least 4 members (excludes halogenated alkanes) is 1. The van der Waals surface area contributed by atoms with Gasteiger partial charge in [0, 0.05) is 26.6 Å². The molecule has 21 heavy (non-hydrogen) atoms. The van der Waals surface area contributed by atoms with E-state index in [9.17, 15) is 9.59 Å². The third-order valence-corrected chi connectivity index (χ3v) is 3.75. The summed E-state index contributed by atoms with van der Waals surface area (Å²) in [4.78, 5) is 29.5. The maximum atomic E-state index is 12.5. The van der Waals surface area contributed by atoms with Gasteiger partial charge in [-0.2, -0.15) is 0 Å². The lowest BCUT2D eigenvalue weighted by atomic mass is 10.3. The van der Waals surface area contributed by atoms with Gasteiger partial charge in [0.15, 0.2) is 11.2 Å². The molecule has 2 aromatic heterocycles. The quantitative estimate of drug-likeness (QED) is 0.825. The van der Waals surface area contributed by atoms with Gasteiger partial charge in [0.1, 0.15) is 5.82 Å². The smallest absolute Gasteiger partial charge is 0.330 e. The van der Waals surface area contributed by atoms with Crippen LogP contribution in [0.25, 0.3) is 11.2 Å². The number of rotatable bonds is 6. The number of hydrogen-bond donors (Lipinski definition) is 1. The van der Waals surface area contributed by atoms with E-state index in [2.05, 4.69) is 11.9 Å². The van der Waals surface area contributed by atoms with Crippen molar-refractivity contribution in [3.63, 3.8) is 0 Å². The zero-order valence-corrected chi connectivity index (χ0v) is 12.9. The Labute approximate surface area is 123 Å². The molecule has 0 aliphatic carbocycles. The van der Waals surface area contributed by atoms with Crippen LogP contribution in [0.2, 0.25) is 0 Å². The van der Waals surface area contributed by atoms with Crippen molar-refractivity contribution in [3.05, 3.63) is 26.7 Å². The molecule has 0 aliphatic rings. The first-order valence-electron chi connectivity index (χ1n) is 7.45. The fraction of sp³-hybridized carbons (Fsp3) is 0.643. The van der Waals surface area contributed by atoms with Gasteiger partial charge in [-0.15, -0.1) is 0 Å². The van der Waals surface area contributed by atoms with Crippen molar-refractivity contribution in [2.45, 2.75) is 46.2 Å². The molecule has 2 aromatic rings. The zero-order chi connectivity index (χ0) is 15.6. The normalized spacial score (nSPS) is 11.4. The molecule has 7 heteroatoms. The van der Waals surface area contributed by atoms with Gasteiger partial charge in [0.05, 0.1) is 0 Å². The topological polar surface area (TPSA) is 87.8 Å². The lowest BCUT2D eigenvalue weighted by Crippen LogP contribution is -2.40. The predicted molar refractivity (Wildman–Crippen MR) is 82.6 cm³/mol. The third-order valence-electron chi connectivity index (χ3n) is 3.75. The van der Waals surface area contributed by atoms with Crippen LogP contribution >= 0.6 is 0 Å². The van der Waals surface area contributed by atoms with Gasteiger partial charge in [0.2, 0.25) is 0 Å². The molecule has 2 rings (SSSR count). The molecule has 0 unspecified atom stereocenters. The molecular weight excluding hydrogens is 270 g/mol. The van der Waals surface area contributed by atoms with Gasteiger partial charge in [-0.3, -0.25) is 13.9 Å². The molecule has 0 amide bonds. The van der Waals surface area contributed by atoms with Crippen molar-refractivity contribution in [2.24, 2.45) is 12.8 Å². The first kappa shape index (κ1) is 15.5. The highest BCUT2D eigenvalue weighted by Gasteiger charge is 2.18. The average Bonchev–Trinajstić information content (AvgIpc) is 2.77. The second-order valence-electron chi connectivity index (χ2n) is 5.14. The van der Waals surface area contributed by atoms with E-state index in [1.807, 2.05) is 0 Å². The molecule has 0 atom stereocenters. The minimum absolute atomic E-state index is 0.275. The molecule has 2 N–H and O–H groups in total. The Hall–Kier alpha value is -1.89. The number of fused-ring (bicyclic) bond motifs is 1. The number of aryl methyl sites for hydroxylation is 2. The summed E-state index contributed by atoms with van der Waals surface area (Å²) in [6, 6.07) is 0. The fourth-order valence-electron chi connectivity index (χ4n) is 2.56. The Morgan fingerprint density at radius 2 is 1.90 bits per heavy atom. The maximum Gasteiger partial charge on any atom is 0.332 e. The highest BCUT2D eigenvalue weighted by molar-refractivity contribution is 5.71. The maximum absolute atomic E-state index is 12.5. The Kier molecular flexibility index (Phi) is 4.62. The molecular formula is C14H23N5O2. The second-order valence-corrected chi connectivity index (χ2v) is 5.14.